The molecule has 14 heteroatoms. The number of fused-ring (bicyclic) bond motifs is 4. The van der Waals surface area contributed by atoms with Crippen LogP contribution in [0.5, 0.6) is 11.5 Å². The Morgan fingerprint density at radius 3 is 2.56 bits per heavy atom. The zero-order valence-corrected chi connectivity index (χ0v) is 28.4. The maximum absolute atomic E-state index is 13.5. The molecule has 0 radical (unpaired) electrons. The normalized spacial score (nSPS) is 25.0. The van der Waals surface area contributed by atoms with Gasteiger partial charge in [-0.3, -0.25) is 28.9 Å². The maximum atomic E-state index is 13.5. The van der Waals surface area contributed by atoms with E-state index in [1.54, 1.807) is 17.9 Å². The quantitative estimate of drug-likeness (QED) is 0.352. The standard InChI is InChI=1S/C36H46N6O8/c1-24-35(48)42-13-5-9-29(42)34(47)39-27(21-43)33(46)37-23-36(19-25-6-4-7-26(18-25)50-22-31(44)38-24)11-14-40(15-12-36)20-32(45)41-16-17-49-30-10-3-2-8-28(30)41/h2-4,6-8,10,18,24,27,29,43H,5,9,11-17,19-23H2,1H3,(H,37,46)(H,38,44)(H,39,47)/t24-,27-,29-/m0/s1. The third-order valence-corrected chi connectivity index (χ3v) is 10.2. The van der Waals surface area contributed by atoms with Crippen LogP contribution in [0.4, 0.5) is 5.69 Å². The SMILES string of the molecule is C[C@@H]1NC(=O)COc2cccc(c2)CC2(CCN(CC(=O)N3CCOc4ccccc43)CC2)CNC(=O)[C@H](CO)NC(=O)[C@@H]2CCCN2C1=O. The molecule has 0 saturated carbocycles. The fourth-order valence-corrected chi connectivity index (χ4v) is 7.39. The highest BCUT2D eigenvalue weighted by Gasteiger charge is 2.40. The molecule has 4 aliphatic heterocycles. The van der Waals surface area contributed by atoms with Gasteiger partial charge in [0.1, 0.15) is 36.2 Å². The summed E-state index contributed by atoms with van der Waals surface area (Å²) in [7, 11) is 0. The molecule has 2 bridgehead atoms. The largest absolute Gasteiger partial charge is 0.490 e. The number of nitrogens with zero attached hydrogens (tertiary/aromatic N) is 3. The van der Waals surface area contributed by atoms with Gasteiger partial charge in [-0.25, -0.2) is 0 Å². The molecule has 268 valence electrons. The summed E-state index contributed by atoms with van der Waals surface area (Å²) in [6.07, 6.45) is 2.90. The van der Waals surface area contributed by atoms with Gasteiger partial charge in [-0.05, 0) is 87.4 Å². The lowest BCUT2D eigenvalue weighted by Gasteiger charge is -2.43. The molecule has 2 saturated heterocycles. The number of aliphatic hydroxyl groups excluding tert-OH is 1. The Hall–Kier alpha value is -4.69. The van der Waals surface area contributed by atoms with Gasteiger partial charge in [0.15, 0.2) is 6.61 Å². The van der Waals surface area contributed by atoms with Gasteiger partial charge >= 0.3 is 0 Å². The number of amides is 5. The predicted molar refractivity (Wildman–Crippen MR) is 182 cm³/mol. The monoisotopic (exact) mass is 690 g/mol. The number of para-hydroxylation sites is 2. The van der Waals surface area contributed by atoms with Crippen molar-refractivity contribution in [2.24, 2.45) is 5.41 Å². The number of benzene rings is 2. The van der Waals surface area contributed by atoms with Crippen LogP contribution in [0.3, 0.4) is 0 Å². The number of aliphatic hydroxyl groups is 1. The zero-order valence-electron chi connectivity index (χ0n) is 28.4. The highest BCUT2D eigenvalue weighted by Crippen LogP contribution is 2.36. The van der Waals surface area contributed by atoms with Gasteiger partial charge in [-0.15, -0.1) is 0 Å². The minimum atomic E-state index is -1.21. The van der Waals surface area contributed by atoms with E-state index in [1.165, 1.54) is 4.90 Å². The second kappa shape index (κ2) is 15.5. The van der Waals surface area contributed by atoms with E-state index in [0.717, 1.165) is 11.3 Å². The van der Waals surface area contributed by atoms with Crippen LogP contribution in [0, 0.1) is 5.41 Å². The fourth-order valence-electron chi connectivity index (χ4n) is 7.39. The van der Waals surface area contributed by atoms with Crippen LogP contribution in [0.15, 0.2) is 48.5 Å². The van der Waals surface area contributed by atoms with Crippen LogP contribution in [0.25, 0.3) is 0 Å². The Labute approximate surface area is 291 Å². The van der Waals surface area contributed by atoms with Gasteiger partial charge in [0.2, 0.25) is 23.6 Å². The van der Waals surface area contributed by atoms with E-state index < -0.39 is 53.8 Å². The molecule has 50 heavy (non-hydrogen) atoms. The molecule has 0 unspecified atom stereocenters. The summed E-state index contributed by atoms with van der Waals surface area (Å²) in [5, 5.41) is 18.5. The smallest absolute Gasteiger partial charge is 0.258 e. The Balaban J connectivity index is 1.19. The summed E-state index contributed by atoms with van der Waals surface area (Å²) in [6.45, 7) is 3.67. The van der Waals surface area contributed by atoms with Crippen LogP contribution in [-0.4, -0.2) is 122 Å². The first kappa shape index (κ1) is 35.1. The number of likely N-dealkylation sites (tertiary alicyclic amines) is 1. The second-order valence-electron chi connectivity index (χ2n) is 13.7. The van der Waals surface area contributed by atoms with E-state index in [-0.39, 0.29) is 25.6 Å². The fraction of sp³-hybridized carbons (Fsp3) is 0.528. The lowest BCUT2D eigenvalue weighted by molar-refractivity contribution is -0.142. The number of nitrogens with one attached hydrogen (secondary N) is 3. The number of carbonyl (C=O) groups excluding carboxylic acids is 5. The van der Waals surface area contributed by atoms with E-state index in [0.29, 0.717) is 76.4 Å². The summed E-state index contributed by atoms with van der Waals surface area (Å²) < 4.78 is 11.5. The number of hydrogen-bond acceptors (Lipinski definition) is 9. The molecule has 0 aliphatic carbocycles. The van der Waals surface area contributed by atoms with Crippen molar-refractivity contribution in [3.05, 3.63) is 54.1 Å². The molecule has 2 aromatic rings. The average Bonchev–Trinajstić information content (AvgIpc) is 3.62. The summed E-state index contributed by atoms with van der Waals surface area (Å²) in [5.74, 6) is -0.739. The lowest BCUT2D eigenvalue weighted by Crippen LogP contribution is -2.57. The van der Waals surface area contributed by atoms with Gasteiger partial charge in [-0.1, -0.05) is 24.3 Å². The van der Waals surface area contributed by atoms with E-state index in [2.05, 4.69) is 20.9 Å². The van der Waals surface area contributed by atoms with Crippen LogP contribution in [0.2, 0.25) is 0 Å². The Bertz CT molecular complexity index is 1590. The average molecular weight is 691 g/mol. The highest BCUT2D eigenvalue weighted by molar-refractivity contribution is 5.97. The molecule has 6 rings (SSSR count). The number of ether oxygens (including phenoxy) is 2. The third-order valence-electron chi connectivity index (χ3n) is 10.2. The van der Waals surface area contributed by atoms with Crippen molar-refractivity contribution in [2.75, 3.05) is 64.0 Å². The number of hydrogen-bond donors (Lipinski definition) is 4. The van der Waals surface area contributed by atoms with Gasteiger partial charge in [0.25, 0.3) is 5.91 Å². The molecule has 4 N–H and O–H groups in total. The lowest BCUT2D eigenvalue weighted by atomic mass is 9.73. The molecule has 2 aromatic carbocycles. The summed E-state index contributed by atoms with van der Waals surface area (Å²) in [4.78, 5) is 71.6. The number of piperidine rings is 1. The molecular formula is C36H46N6O8. The topological polar surface area (TPSA) is 170 Å². The van der Waals surface area contributed by atoms with Gasteiger partial charge in [0, 0.05) is 13.1 Å². The van der Waals surface area contributed by atoms with Gasteiger partial charge in [0.05, 0.1) is 25.4 Å². The number of carbonyl (C=O) groups is 5. The molecule has 3 atom stereocenters. The van der Waals surface area contributed by atoms with Crippen molar-refractivity contribution in [2.45, 2.75) is 57.2 Å². The molecule has 2 fully saturated rings. The minimum Gasteiger partial charge on any atom is -0.490 e. The van der Waals surface area contributed by atoms with Gasteiger partial charge in [-0.2, -0.15) is 0 Å². The number of rotatable bonds is 3. The summed E-state index contributed by atoms with van der Waals surface area (Å²) in [5.41, 5.74) is 1.31. The zero-order chi connectivity index (χ0) is 35.3. The second-order valence-corrected chi connectivity index (χ2v) is 13.7. The van der Waals surface area contributed by atoms with Crippen LogP contribution < -0.4 is 30.3 Å². The molecule has 4 heterocycles. The van der Waals surface area contributed by atoms with Crippen LogP contribution >= 0.6 is 0 Å². The Kier molecular flexibility index (Phi) is 10.9. The van der Waals surface area contributed by atoms with E-state index in [1.807, 2.05) is 42.5 Å². The number of anilines is 1. The summed E-state index contributed by atoms with van der Waals surface area (Å²) in [6, 6.07) is 12.1. The molecule has 1 spiro atoms. The van der Waals surface area contributed by atoms with Gasteiger partial charge < -0.3 is 40.3 Å². The van der Waals surface area contributed by atoms with Crippen molar-refractivity contribution in [1.82, 2.24) is 25.8 Å². The van der Waals surface area contributed by atoms with Crippen molar-refractivity contribution >= 4 is 35.2 Å². The summed E-state index contributed by atoms with van der Waals surface area (Å²) >= 11 is 0. The van der Waals surface area contributed by atoms with Crippen LogP contribution in [0.1, 0.15) is 38.2 Å². The molecule has 5 amide bonds. The highest BCUT2D eigenvalue weighted by atomic mass is 16.5. The first-order valence-electron chi connectivity index (χ1n) is 17.4. The van der Waals surface area contributed by atoms with Crippen molar-refractivity contribution in [1.29, 1.82) is 0 Å². The first-order chi connectivity index (χ1) is 24.1. The molecule has 0 aromatic heterocycles. The third kappa shape index (κ3) is 8.02. The predicted octanol–water partition coefficient (Wildman–Crippen LogP) is 0.218. The van der Waals surface area contributed by atoms with Crippen molar-refractivity contribution in [3.8, 4) is 11.5 Å². The molecule has 14 nitrogen and oxygen atoms in total. The Morgan fingerprint density at radius 1 is 0.960 bits per heavy atom. The molecular weight excluding hydrogens is 644 g/mol. The van der Waals surface area contributed by atoms with E-state index in [9.17, 15) is 29.1 Å². The van der Waals surface area contributed by atoms with Crippen molar-refractivity contribution in [3.63, 3.8) is 0 Å². The first-order valence-corrected chi connectivity index (χ1v) is 17.4. The van der Waals surface area contributed by atoms with E-state index >= 15 is 0 Å². The van der Waals surface area contributed by atoms with E-state index in [4.69, 9.17) is 9.47 Å². The van der Waals surface area contributed by atoms with Crippen LogP contribution in [-0.2, 0) is 30.4 Å². The van der Waals surface area contributed by atoms with Crippen molar-refractivity contribution < 1.29 is 38.6 Å². The maximum Gasteiger partial charge on any atom is 0.258 e. The molecule has 4 aliphatic rings. The Morgan fingerprint density at radius 2 is 1.76 bits per heavy atom. The minimum absolute atomic E-state index is 0.00199.